The number of carbonyl (C=O) groups is 1. The third-order valence-corrected chi connectivity index (χ3v) is 9.37. The lowest BCUT2D eigenvalue weighted by molar-refractivity contribution is -0.149. The van der Waals surface area contributed by atoms with E-state index >= 15 is 0 Å². The summed E-state index contributed by atoms with van der Waals surface area (Å²) in [4.78, 5) is 28.2. The zero-order valence-corrected chi connectivity index (χ0v) is 23.3. The number of benzene rings is 2. The van der Waals surface area contributed by atoms with Gasteiger partial charge >= 0.3 is 11.5 Å². The molecule has 40 heavy (non-hydrogen) atoms. The van der Waals surface area contributed by atoms with Crippen LogP contribution >= 0.6 is 0 Å². The SMILES string of the molecule is CCOC(=O)C1CCC(Oc2c(N3CCN(S(=O)(=O)c4ccccc4)CC3)cnn(-c3ccccc3)c2=O)CC1. The van der Waals surface area contributed by atoms with Crippen molar-refractivity contribution in [2.24, 2.45) is 5.92 Å². The second-order valence-electron chi connectivity index (χ2n) is 9.96. The van der Waals surface area contributed by atoms with Crippen molar-refractivity contribution < 1.29 is 22.7 Å². The molecule has 2 fully saturated rings. The van der Waals surface area contributed by atoms with E-state index in [1.807, 2.05) is 23.1 Å². The van der Waals surface area contributed by atoms with Crippen LogP contribution in [0, 0.1) is 5.92 Å². The van der Waals surface area contributed by atoms with Gasteiger partial charge in [0, 0.05) is 26.2 Å². The average Bonchev–Trinajstić information content (AvgIpc) is 2.99. The topological polar surface area (TPSA) is 111 Å². The van der Waals surface area contributed by atoms with Crippen LogP contribution in [0.2, 0.25) is 0 Å². The molecule has 0 amide bonds. The number of ether oxygens (including phenoxy) is 2. The maximum Gasteiger partial charge on any atom is 0.316 e. The van der Waals surface area contributed by atoms with Crippen molar-refractivity contribution in [2.75, 3.05) is 37.7 Å². The largest absolute Gasteiger partial charge is 0.483 e. The van der Waals surface area contributed by atoms with Gasteiger partial charge in [-0.05, 0) is 56.9 Å². The summed E-state index contributed by atoms with van der Waals surface area (Å²) in [6.07, 6.45) is 3.90. The number of para-hydroxylation sites is 1. The van der Waals surface area contributed by atoms with Crippen LogP contribution < -0.4 is 15.2 Å². The normalized spacial score (nSPS) is 20.2. The van der Waals surface area contributed by atoms with Gasteiger partial charge in [-0.3, -0.25) is 9.59 Å². The van der Waals surface area contributed by atoms with Crippen LogP contribution in [0.15, 0.2) is 76.6 Å². The second kappa shape index (κ2) is 12.2. The van der Waals surface area contributed by atoms with Gasteiger partial charge in [-0.15, -0.1) is 0 Å². The third kappa shape index (κ3) is 5.90. The number of rotatable bonds is 8. The summed E-state index contributed by atoms with van der Waals surface area (Å²) in [6.45, 7) is 3.45. The predicted molar refractivity (Wildman–Crippen MR) is 150 cm³/mol. The van der Waals surface area contributed by atoms with E-state index in [1.54, 1.807) is 55.6 Å². The van der Waals surface area contributed by atoms with E-state index in [0.717, 1.165) is 0 Å². The molecule has 1 aliphatic heterocycles. The van der Waals surface area contributed by atoms with Gasteiger partial charge in [0.1, 0.15) is 5.69 Å². The molecule has 10 nitrogen and oxygen atoms in total. The number of hydrogen-bond donors (Lipinski definition) is 0. The van der Waals surface area contributed by atoms with Gasteiger partial charge in [0.05, 0.1) is 35.4 Å². The second-order valence-corrected chi connectivity index (χ2v) is 11.9. The molecule has 2 aromatic carbocycles. The number of aromatic nitrogens is 2. The van der Waals surface area contributed by atoms with Crippen molar-refractivity contribution in [3.8, 4) is 11.4 Å². The zero-order chi connectivity index (χ0) is 28.1. The first kappa shape index (κ1) is 27.9. The summed E-state index contributed by atoms with van der Waals surface area (Å²) in [7, 11) is -3.61. The lowest BCUT2D eigenvalue weighted by Crippen LogP contribution is -2.49. The number of hydrogen-bond acceptors (Lipinski definition) is 8. The Labute approximate surface area is 234 Å². The Morgan fingerprint density at radius 3 is 2.17 bits per heavy atom. The minimum absolute atomic E-state index is 0.155. The number of sulfonamides is 1. The van der Waals surface area contributed by atoms with Crippen molar-refractivity contribution in [1.29, 1.82) is 0 Å². The first-order chi connectivity index (χ1) is 19.4. The van der Waals surface area contributed by atoms with Crippen molar-refractivity contribution in [3.05, 3.63) is 77.2 Å². The van der Waals surface area contributed by atoms with Gasteiger partial charge in [-0.25, -0.2) is 8.42 Å². The lowest BCUT2D eigenvalue weighted by atomic mass is 9.87. The minimum atomic E-state index is -3.61. The van der Waals surface area contributed by atoms with Crippen LogP contribution in [0.4, 0.5) is 5.69 Å². The van der Waals surface area contributed by atoms with Gasteiger partial charge in [0.15, 0.2) is 0 Å². The van der Waals surface area contributed by atoms with Crippen LogP contribution in [0.3, 0.4) is 0 Å². The number of piperazine rings is 1. The fraction of sp³-hybridized carbons (Fsp3) is 0.414. The Morgan fingerprint density at radius 1 is 0.925 bits per heavy atom. The highest BCUT2D eigenvalue weighted by atomic mass is 32.2. The number of anilines is 1. The van der Waals surface area contributed by atoms with Gasteiger partial charge in [0.2, 0.25) is 15.8 Å². The average molecular weight is 567 g/mol. The molecule has 0 atom stereocenters. The summed E-state index contributed by atoms with van der Waals surface area (Å²) >= 11 is 0. The first-order valence-corrected chi connectivity index (χ1v) is 15.1. The minimum Gasteiger partial charge on any atom is -0.483 e. The Balaban J connectivity index is 1.37. The standard InChI is InChI=1S/C29H34N4O6S/c1-2-38-29(35)22-13-15-24(16-14-22)39-27-26(21-30-33(28(27)34)23-9-5-3-6-10-23)31-17-19-32(20-18-31)40(36,37)25-11-7-4-8-12-25/h3-12,21-22,24H,2,13-20H2,1H3. The summed E-state index contributed by atoms with van der Waals surface area (Å²) in [5.41, 5.74) is 0.783. The maximum atomic E-state index is 13.7. The summed E-state index contributed by atoms with van der Waals surface area (Å²) in [5.74, 6) is -0.143. The highest BCUT2D eigenvalue weighted by molar-refractivity contribution is 7.89. The highest BCUT2D eigenvalue weighted by Gasteiger charge is 2.33. The van der Waals surface area contributed by atoms with Gasteiger partial charge in [0.25, 0.3) is 0 Å². The Hall–Kier alpha value is -3.70. The molecule has 5 rings (SSSR count). The molecule has 3 aromatic rings. The number of carbonyl (C=O) groups excluding carboxylic acids is 1. The number of nitrogens with zero attached hydrogens (tertiary/aromatic N) is 4. The van der Waals surface area contributed by atoms with Crippen molar-refractivity contribution >= 4 is 21.7 Å². The fourth-order valence-corrected chi connectivity index (χ4v) is 6.72. The van der Waals surface area contributed by atoms with Crippen LogP contribution in [-0.2, 0) is 19.6 Å². The number of esters is 1. The molecule has 1 aromatic heterocycles. The van der Waals surface area contributed by atoms with Crippen molar-refractivity contribution in [2.45, 2.75) is 43.6 Å². The highest BCUT2D eigenvalue weighted by Crippen LogP contribution is 2.32. The van der Waals surface area contributed by atoms with E-state index in [0.29, 0.717) is 56.8 Å². The van der Waals surface area contributed by atoms with E-state index in [1.165, 1.54) is 8.99 Å². The quantitative estimate of drug-likeness (QED) is 0.382. The molecule has 0 unspecified atom stereocenters. The van der Waals surface area contributed by atoms with Gasteiger partial charge in [-0.1, -0.05) is 36.4 Å². The van der Waals surface area contributed by atoms with Crippen molar-refractivity contribution in [1.82, 2.24) is 14.1 Å². The third-order valence-electron chi connectivity index (χ3n) is 7.45. The Bertz CT molecular complexity index is 1460. The summed E-state index contributed by atoms with van der Waals surface area (Å²) in [5, 5.41) is 4.44. The van der Waals surface area contributed by atoms with E-state index in [9.17, 15) is 18.0 Å². The monoisotopic (exact) mass is 566 g/mol. The zero-order valence-electron chi connectivity index (χ0n) is 22.5. The fourth-order valence-electron chi connectivity index (χ4n) is 5.27. The molecule has 212 valence electrons. The molecule has 1 saturated carbocycles. The molecule has 2 aliphatic rings. The molecule has 2 heterocycles. The lowest BCUT2D eigenvalue weighted by Gasteiger charge is -2.36. The van der Waals surface area contributed by atoms with Crippen molar-refractivity contribution in [3.63, 3.8) is 0 Å². The van der Waals surface area contributed by atoms with Gasteiger partial charge in [-0.2, -0.15) is 14.1 Å². The molecule has 0 radical (unpaired) electrons. The van der Waals surface area contributed by atoms with E-state index in [-0.39, 0.29) is 47.3 Å². The predicted octanol–water partition coefficient (Wildman–Crippen LogP) is 3.24. The van der Waals surface area contributed by atoms with E-state index in [2.05, 4.69) is 5.10 Å². The van der Waals surface area contributed by atoms with Crippen LogP contribution in [0.1, 0.15) is 32.6 Å². The van der Waals surface area contributed by atoms with Crippen LogP contribution in [0.25, 0.3) is 5.69 Å². The molecule has 0 spiro atoms. The molecule has 11 heteroatoms. The van der Waals surface area contributed by atoms with Gasteiger partial charge < -0.3 is 14.4 Å². The van der Waals surface area contributed by atoms with Crippen LogP contribution in [-0.4, -0.2) is 67.4 Å². The van der Waals surface area contributed by atoms with Crippen LogP contribution in [0.5, 0.6) is 5.75 Å². The first-order valence-electron chi connectivity index (χ1n) is 13.7. The summed E-state index contributed by atoms with van der Waals surface area (Å²) in [6, 6.07) is 17.5. The molecule has 0 bridgehead atoms. The van der Waals surface area contributed by atoms with E-state index in [4.69, 9.17) is 9.47 Å². The Kier molecular flexibility index (Phi) is 8.51. The Morgan fingerprint density at radius 2 is 1.55 bits per heavy atom. The molecular formula is C29H34N4O6S. The summed E-state index contributed by atoms with van der Waals surface area (Å²) < 4.78 is 40.6. The molecule has 1 aliphatic carbocycles. The smallest absolute Gasteiger partial charge is 0.316 e. The molecule has 0 N–H and O–H groups in total. The van der Waals surface area contributed by atoms with E-state index < -0.39 is 10.0 Å². The molecular weight excluding hydrogens is 532 g/mol. The maximum absolute atomic E-state index is 13.7. The molecule has 1 saturated heterocycles.